The number of aromatic amines is 1. The van der Waals surface area contributed by atoms with Crippen LogP contribution in [-0.4, -0.2) is 64.1 Å². The standard InChI is InChI=1S/C16H22N4O2/c1-19(2)11-6-8-20(9-7-11)10-14-17-13-5-3-4-12(16(21)22)15(13)18-14/h3-5,11H,6-10H2,1-2H3,(H,17,18)(H,21,22). The number of hydrogen-bond acceptors (Lipinski definition) is 4. The molecule has 0 spiro atoms. The van der Waals surface area contributed by atoms with Gasteiger partial charge in [0.2, 0.25) is 0 Å². The molecule has 1 aliphatic heterocycles. The van der Waals surface area contributed by atoms with Gasteiger partial charge in [-0.25, -0.2) is 9.78 Å². The zero-order valence-corrected chi connectivity index (χ0v) is 13.0. The van der Waals surface area contributed by atoms with E-state index in [1.807, 2.05) is 6.07 Å². The number of imidazole rings is 1. The second kappa shape index (κ2) is 6.06. The van der Waals surface area contributed by atoms with Gasteiger partial charge in [-0.05, 0) is 39.1 Å². The van der Waals surface area contributed by atoms with Crippen molar-refractivity contribution in [2.45, 2.75) is 25.4 Å². The molecule has 1 aliphatic rings. The van der Waals surface area contributed by atoms with Crippen LogP contribution in [0.5, 0.6) is 0 Å². The summed E-state index contributed by atoms with van der Waals surface area (Å²) in [6.45, 7) is 2.84. The molecule has 0 aliphatic carbocycles. The topological polar surface area (TPSA) is 72.5 Å². The lowest BCUT2D eigenvalue weighted by Crippen LogP contribution is -2.41. The molecule has 118 valence electrons. The Morgan fingerprint density at radius 2 is 2.14 bits per heavy atom. The predicted molar refractivity (Wildman–Crippen MR) is 85.0 cm³/mol. The molecule has 3 rings (SSSR count). The van der Waals surface area contributed by atoms with Crippen LogP contribution in [0.2, 0.25) is 0 Å². The number of rotatable bonds is 4. The third-order valence-corrected chi connectivity index (χ3v) is 4.45. The van der Waals surface area contributed by atoms with Crippen molar-refractivity contribution in [1.29, 1.82) is 0 Å². The molecule has 0 atom stereocenters. The Morgan fingerprint density at radius 3 is 2.77 bits per heavy atom. The van der Waals surface area contributed by atoms with Crippen molar-refractivity contribution in [3.63, 3.8) is 0 Å². The molecule has 1 aromatic heterocycles. The maximum absolute atomic E-state index is 11.2. The molecule has 2 heterocycles. The van der Waals surface area contributed by atoms with Crippen molar-refractivity contribution in [2.24, 2.45) is 0 Å². The fraction of sp³-hybridized carbons (Fsp3) is 0.500. The number of para-hydroxylation sites is 1. The van der Waals surface area contributed by atoms with Crippen LogP contribution in [0.15, 0.2) is 18.2 Å². The Morgan fingerprint density at radius 1 is 1.41 bits per heavy atom. The molecule has 6 heteroatoms. The van der Waals surface area contributed by atoms with E-state index in [0.29, 0.717) is 11.6 Å². The summed E-state index contributed by atoms with van der Waals surface area (Å²) < 4.78 is 0. The zero-order valence-electron chi connectivity index (χ0n) is 13.0. The molecule has 22 heavy (non-hydrogen) atoms. The lowest BCUT2D eigenvalue weighted by atomic mass is 10.0. The monoisotopic (exact) mass is 302 g/mol. The van der Waals surface area contributed by atoms with Gasteiger partial charge in [0.15, 0.2) is 0 Å². The lowest BCUT2D eigenvalue weighted by molar-refractivity contribution is 0.0699. The minimum Gasteiger partial charge on any atom is -0.478 e. The van der Waals surface area contributed by atoms with Crippen LogP contribution in [0.3, 0.4) is 0 Å². The van der Waals surface area contributed by atoms with E-state index in [0.717, 1.165) is 43.8 Å². The van der Waals surface area contributed by atoms with Crippen molar-refractivity contribution < 1.29 is 9.90 Å². The van der Waals surface area contributed by atoms with E-state index in [1.54, 1.807) is 12.1 Å². The molecule has 2 aromatic rings. The predicted octanol–water partition coefficient (Wildman–Crippen LogP) is 1.79. The Bertz CT molecular complexity index is 672. The number of benzene rings is 1. The summed E-state index contributed by atoms with van der Waals surface area (Å²) in [5.74, 6) is -0.0950. The Kier molecular flexibility index (Phi) is 4.13. The summed E-state index contributed by atoms with van der Waals surface area (Å²) in [6.07, 6.45) is 2.32. The van der Waals surface area contributed by atoms with Gasteiger partial charge in [0.05, 0.1) is 17.6 Å². The number of fused-ring (bicyclic) bond motifs is 1. The quantitative estimate of drug-likeness (QED) is 0.901. The first-order valence-corrected chi connectivity index (χ1v) is 7.64. The maximum Gasteiger partial charge on any atom is 0.337 e. The van der Waals surface area contributed by atoms with E-state index in [4.69, 9.17) is 0 Å². The van der Waals surface area contributed by atoms with Gasteiger partial charge in [-0.1, -0.05) is 6.07 Å². The zero-order chi connectivity index (χ0) is 15.7. The first kappa shape index (κ1) is 15.0. The van der Waals surface area contributed by atoms with E-state index in [9.17, 15) is 9.90 Å². The summed E-state index contributed by atoms with van der Waals surface area (Å²) in [5.41, 5.74) is 1.59. The van der Waals surface area contributed by atoms with Crippen molar-refractivity contribution in [2.75, 3.05) is 27.2 Å². The number of H-pyrrole nitrogens is 1. The Hall–Kier alpha value is -1.92. The summed E-state index contributed by atoms with van der Waals surface area (Å²) in [5, 5.41) is 9.23. The van der Waals surface area contributed by atoms with Crippen molar-refractivity contribution in [3.05, 3.63) is 29.6 Å². The number of aromatic nitrogens is 2. The second-order valence-corrected chi connectivity index (χ2v) is 6.16. The van der Waals surface area contributed by atoms with Gasteiger partial charge in [0.25, 0.3) is 0 Å². The molecular formula is C16H22N4O2. The van der Waals surface area contributed by atoms with Gasteiger partial charge in [0, 0.05) is 19.1 Å². The van der Waals surface area contributed by atoms with Crippen LogP contribution in [0.4, 0.5) is 0 Å². The SMILES string of the molecule is CN(C)C1CCN(Cc2nc3c(C(=O)O)cccc3[nH]2)CC1. The van der Waals surface area contributed by atoms with Gasteiger partial charge in [-0.2, -0.15) is 0 Å². The van der Waals surface area contributed by atoms with Gasteiger partial charge in [-0.15, -0.1) is 0 Å². The number of likely N-dealkylation sites (tertiary alicyclic amines) is 1. The van der Waals surface area contributed by atoms with Crippen LogP contribution in [0.25, 0.3) is 11.0 Å². The number of hydrogen-bond donors (Lipinski definition) is 2. The molecule has 1 saturated heterocycles. The average Bonchev–Trinajstić information content (AvgIpc) is 2.89. The Balaban J connectivity index is 1.73. The third kappa shape index (κ3) is 2.98. The summed E-state index contributed by atoms with van der Waals surface area (Å²) in [7, 11) is 4.26. The first-order chi connectivity index (χ1) is 10.5. The number of piperidine rings is 1. The van der Waals surface area contributed by atoms with Gasteiger partial charge >= 0.3 is 5.97 Å². The van der Waals surface area contributed by atoms with Gasteiger partial charge in [-0.3, -0.25) is 4.90 Å². The van der Waals surface area contributed by atoms with E-state index in [1.165, 1.54) is 0 Å². The van der Waals surface area contributed by atoms with E-state index >= 15 is 0 Å². The maximum atomic E-state index is 11.2. The van der Waals surface area contributed by atoms with Crippen LogP contribution < -0.4 is 0 Å². The number of nitrogens with one attached hydrogen (secondary N) is 1. The third-order valence-electron chi connectivity index (χ3n) is 4.45. The van der Waals surface area contributed by atoms with Crippen molar-refractivity contribution in [1.82, 2.24) is 19.8 Å². The van der Waals surface area contributed by atoms with E-state index in [-0.39, 0.29) is 5.56 Å². The lowest BCUT2D eigenvalue weighted by Gasteiger charge is -2.34. The van der Waals surface area contributed by atoms with Crippen LogP contribution in [0.1, 0.15) is 29.0 Å². The fourth-order valence-corrected chi connectivity index (χ4v) is 3.14. The summed E-state index contributed by atoms with van der Waals surface area (Å²) in [6, 6.07) is 5.87. The van der Waals surface area contributed by atoms with Crippen molar-refractivity contribution >= 4 is 17.0 Å². The van der Waals surface area contributed by atoms with Crippen LogP contribution in [0, 0.1) is 0 Å². The number of carboxylic acids is 1. The highest BCUT2D eigenvalue weighted by atomic mass is 16.4. The molecular weight excluding hydrogens is 280 g/mol. The number of nitrogens with zero attached hydrogens (tertiary/aromatic N) is 3. The second-order valence-electron chi connectivity index (χ2n) is 6.16. The summed E-state index contributed by atoms with van der Waals surface area (Å²) in [4.78, 5) is 23.6. The highest BCUT2D eigenvalue weighted by Gasteiger charge is 2.21. The highest BCUT2D eigenvalue weighted by molar-refractivity contribution is 6.00. The molecule has 6 nitrogen and oxygen atoms in total. The largest absolute Gasteiger partial charge is 0.478 e. The van der Waals surface area contributed by atoms with Gasteiger partial charge < -0.3 is 15.0 Å². The van der Waals surface area contributed by atoms with Crippen LogP contribution >= 0.6 is 0 Å². The van der Waals surface area contributed by atoms with E-state index < -0.39 is 5.97 Å². The molecule has 0 amide bonds. The minimum atomic E-state index is -0.935. The molecule has 0 saturated carbocycles. The average molecular weight is 302 g/mol. The number of aromatic carboxylic acids is 1. The van der Waals surface area contributed by atoms with E-state index in [2.05, 4.69) is 33.9 Å². The highest BCUT2D eigenvalue weighted by Crippen LogP contribution is 2.19. The number of carboxylic acid groups (broad SMARTS) is 1. The van der Waals surface area contributed by atoms with Gasteiger partial charge in [0.1, 0.15) is 11.3 Å². The summed E-state index contributed by atoms with van der Waals surface area (Å²) >= 11 is 0. The van der Waals surface area contributed by atoms with Crippen molar-refractivity contribution in [3.8, 4) is 0 Å². The Labute approximate surface area is 129 Å². The molecule has 2 N–H and O–H groups in total. The fourth-order valence-electron chi connectivity index (χ4n) is 3.14. The first-order valence-electron chi connectivity index (χ1n) is 7.64. The normalized spacial score (nSPS) is 17.4. The molecule has 0 bridgehead atoms. The smallest absolute Gasteiger partial charge is 0.337 e. The minimum absolute atomic E-state index is 0.256. The molecule has 0 unspecified atom stereocenters. The van der Waals surface area contributed by atoms with Crippen LogP contribution in [-0.2, 0) is 6.54 Å². The molecule has 1 aromatic carbocycles. The number of carbonyl (C=O) groups is 1. The molecule has 0 radical (unpaired) electrons. The molecule has 1 fully saturated rings.